The molecule has 94 valence electrons. The van der Waals surface area contributed by atoms with Crippen LogP contribution in [0.2, 0.25) is 0 Å². The van der Waals surface area contributed by atoms with E-state index in [2.05, 4.69) is 6.92 Å². The summed E-state index contributed by atoms with van der Waals surface area (Å²) in [6.45, 7) is 3.41. The lowest BCUT2D eigenvalue weighted by atomic mass is 10.1. The molecule has 0 bridgehead atoms. The lowest BCUT2D eigenvalue weighted by molar-refractivity contribution is 0.561. The first-order valence-electron chi connectivity index (χ1n) is 5.88. The third kappa shape index (κ3) is 2.61. The summed E-state index contributed by atoms with van der Waals surface area (Å²) in [6, 6.07) is 7.72. The van der Waals surface area contributed by atoms with Crippen LogP contribution in [0.15, 0.2) is 24.3 Å². The van der Waals surface area contributed by atoms with Gasteiger partial charge in [-0.25, -0.2) is 0 Å². The molecule has 1 fully saturated rings. The first-order chi connectivity index (χ1) is 8.05. The van der Waals surface area contributed by atoms with E-state index in [1.165, 1.54) is 14.2 Å². The first-order valence-corrected chi connectivity index (χ1v) is 7.28. The summed E-state index contributed by atoms with van der Waals surface area (Å²) >= 11 is 0. The van der Waals surface area contributed by atoms with Crippen LogP contribution in [0.1, 0.15) is 18.9 Å². The highest BCUT2D eigenvalue weighted by Gasteiger charge is 2.35. The van der Waals surface area contributed by atoms with Gasteiger partial charge >= 0.3 is 10.2 Å². The zero-order chi connectivity index (χ0) is 12.5. The van der Waals surface area contributed by atoms with Crippen LogP contribution in [-0.4, -0.2) is 32.9 Å². The summed E-state index contributed by atoms with van der Waals surface area (Å²) in [4.78, 5) is 0. The highest BCUT2D eigenvalue weighted by atomic mass is 32.2. The zero-order valence-corrected chi connectivity index (χ0v) is 11.1. The van der Waals surface area contributed by atoms with Crippen molar-refractivity contribution in [3.63, 3.8) is 0 Å². The van der Waals surface area contributed by atoms with E-state index in [0.29, 0.717) is 13.1 Å². The number of benzene rings is 1. The van der Waals surface area contributed by atoms with Gasteiger partial charge in [-0.1, -0.05) is 25.5 Å². The molecule has 0 amide bonds. The summed E-state index contributed by atoms with van der Waals surface area (Å²) in [7, 11) is -1.68. The number of hydrogen-bond donors (Lipinski definition) is 0. The Kier molecular flexibility index (Phi) is 3.40. The average molecular weight is 254 g/mol. The van der Waals surface area contributed by atoms with E-state index in [-0.39, 0.29) is 0 Å². The summed E-state index contributed by atoms with van der Waals surface area (Å²) in [5.41, 5.74) is 1.96. The topological polar surface area (TPSA) is 40.4 Å². The molecule has 2 rings (SSSR count). The van der Waals surface area contributed by atoms with Crippen LogP contribution in [0, 0.1) is 0 Å². The second kappa shape index (κ2) is 4.66. The highest BCUT2D eigenvalue weighted by molar-refractivity contribution is 7.90. The number of anilines is 1. The van der Waals surface area contributed by atoms with E-state index >= 15 is 0 Å². The van der Waals surface area contributed by atoms with E-state index < -0.39 is 10.2 Å². The van der Waals surface area contributed by atoms with Crippen molar-refractivity contribution in [2.45, 2.75) is 19.8 Å². The van der Waals surface area contributed by atoms with E-state index in [1.54, 1.807) is 7.05 Å². The lowest BCUT2D eigenvalue weighted by Crippen LogP contribution is -2.32. The zero-order valence-electron chi connectivity index (χ0n) is 10.3. The molecular weight excluding hydrogens is 236 g/mol. The quantitative estimate of drug-likeness (QED) is 0.749. The Bertz CT molecular complexity index is 478. The molecule has 0 spiro atoms. The summed E-state index contributed by atoms with van der Waals surface area (Å²) < 4.78 is 26.7. The maximum absolute atomic E-state index is 12.0. The van der Waals surface area contributed by atoms with E-state index in [1.807, 2.05) is 24.3 Å². The van der Waals surface area contributed by atoms with Gasteiger partial charge < -0.3 is 0 Å². The molecule has 1 aliphatic rings. The van der Waals surface area contributed by atoms with Crippen molar-refractivity contribution in [2.24, 2.45) is 0 Å². The van der Waals surface area contributed by atoms with Crippen molar-refractivity contribution in [3.8, 4) is 0 Å². The van der Waals surface area contributed by atoms with Crippen LogP contribution in [0.3, 0.4) is 0 Å². The monoisotopic (exact) mass is 254 g/mol. The Balaban J connectivity index is 2.16. The predicted octanol–water partition coefficient (Wildman–Crippen LogP) is 1.64. The minimum absolute atomic E-state index is 0.639. The summed E-state index contributed by atoms with van der Waals surface area (Å²) in [5.74, 6) is 0. The fourth-order valence-electron chi connectivity index (χ4n) is 1.74. The fourth-order valence-corrected chi connectivity index (χ4v) is 3.02. The molecular formula is C12H18N2O2S. The van der Waals surface area contributed by atoms with Crippen LogP contribution >= 0.6 is 0 Å². The second-order valence-electron chi connectivity index (χ2n) is 4.29. The maximum atomic E-state index is 12.0. The summed E-state index contributed by atoms with van der Waals surface area (Å²) in [6.07, 6.45) is 2.13. The highest BCUT2D eigenvalue weighted by Crippen LogP contribution is 2.22. The van der Waals surface area contributed by atoms with Crippen molar-refractivity contribution in [2.75, 3.05) is 24.4 Å². The Labute approximate surface area is 103 Å². The third-order valence-corrected chi connectivity index (χ3v) is 4.84. The minimum atomic E-state index is -3.28. The average Bonchev–Trinajstić information content (AvgIpc) is 3.13. The smallest absolute Gasteiger partial charge is 0.261 e. The van der Waals surface area contributed by atoms with Gasteiger partial charge in [-0.15, -0.1) is 0 Å². The van der Waals surface area contributed by atoms with Gasteiger partial charge in [0, 0.05) is 20.1 Å². The Morgan fingerprint density at radius 1 is 1.24 bits per heavy atom. The van der Waals surface area contributed by atoms with E-state index in [0.717, 1.165) is 18.5 Å². The molecule has 1 aromatic rings. The first kappa shape index (κ1) is 12.4. The van der Waals surface area contributed by atoms with Crippen molar-refractivity contribution in [1.82, 2.24) is 4.31 Å². The van der Waals surface area contributed by atoms with E-state index in [9.17, 15) is 8.42 Å². The summed E-state index contributed by atoms with van der Waals surface area (Å²) in [5, 5.41) is 0. The van der Waals surface area contributed by atoms with Gasteiger partial charge in [0.25, 0.3) is 0 Å². The van der Waals surface area contributed by atoms with Gasteiger partial charge in [0.1, 0.15) is 0 Å². The lowest BCUT2D eigenvalue weighted by Gasteiger charge is -2.19. The molecule has 0 unspecified atom stereocenters. The van der Waals surface area contributed by atoms with Crippen molar-refractivity contribution in [3.05, 3.63) is 29.8 Å². The predicted molar refractivity (Wildman–Crippen MR) is 69.3 cm³/mol. The number of hydrogen-bond acceptors (Lipinski definition) is 2. The molecule has 1 aliphatic heterocycles. The van der Waals surface area contributed by atoms with Crippen LogP contribution in [0.5, 0.6) is 0 Å². The van der Waals surface area contributed by atoms with Gasteiger partial charge in [-0.2, -0.15) is 12.7 Å². The molecule has 0 saturated carbocycles. The molecule has 1 heterocycles. The van der Waals surface area contributed by atoms with Crippen LogP contribution in [-0.2, 0) is 16.6 Å². The van der Waals surface area contributed by atoms with Gasteiger partial charge in [0.05, 0.1) is 5.69 Å². The molecule has 0 radical (unpaired) electrons. The Hall–Kier alpha value is -1.07. The second-order valence-corrected chi connectivity index (χ2v) is 6.25. The molecule has 1 aromatic carbocycles. The molecule has 4 nitrogen and oxygen atoms in total. The van der Waals surface area contributed by atoms with Crippen LogP contribution in [0.4, 0.5) is 5.69 Å². The molecule has 1 saturated heterocycles. The SMILES string of the molecule is CCCc1ccc(N(C)S(=O)(=O)N2CC2)cc1. The van der Waals surface area contributed by atoms with Crippen LogP contribution in [0.25, 0.3) is 0 Å². The third-order valence-electron chi connectivity index (χ3n) is 2.92. The largest absolute Gasteiger partial charge is 0.303 e. The molecule has 0 aliphatic carbocycles. The number of aryl methyl sites for hydroxylation is 1. The standard InChI is InChI=1S/C12H18N2O2S/c1-3-4-11-5-7-12(8-6-11)13(2)17(15,16)14-9-10-14/h5-8H,3-4,9-10H2,1-2H3. The molecule has 17 heavy (non-hydrogen) atoms. The molecule has 0 atom stereocenters. The fraction of sp³-hybridized carbons (Fsp3) is 0.500. The van der Waals surface area contributed by atoms with Crippen molar-refractivity contribution < 1.29 is 8.42 Å². The Morgan fingerprint density at radius 2 is 1.82 bits per heavy atom. The number of rotatable bonds is 5. The van der Waals surface area contributed by atoms with E-state index in [4.69, 9.17) is 0 Å². The number of nitrogens with zero attached hydrogens (tertiary/aromatic N) is 2. The van der Waals surface area contributed by atoms with Crippen molar-refractivity contribution in [1.29, 1.82) is 0 Å². The normalized spacial score (nSPS) is 15.9. The van der Waals surface area contributed by atoms with Crippen LogP contribution < -0.4 is 4.31 Å². The van der Waals surface area contributed by atoms with Gasteiger partial charge in [-0.05, 0) is 24.1 Å². The molecule has 0 N–H and O–H groups in total. The Morgan fingerprint density at radius 3 is 2.29 bits per heavy atom. The maximum Gasteiger partial charge on any atom is 0.303 e. The minimum Gasteiger partial charge on any atom is -0.261 e. The van der Waals surface area contributed by atoms with Gasteiger partial charge in [-0.3, -0.25) is 4.31 Å². The molecule has 0 aromatic heterocycles. The van der Waals surface area contributed by atoms with Gasteiger partial charge in [0.2, 0.25) is 0 Å². The van der Waals surface area contributed by atoms with Gasteiger partial charge in [0.15, 0.2) is 0 Å². The van der Waals surface area contributed by atoms with Crippen molar-refractivity contribution >= 4 is 15.9 Å². The molecule has 5 heteroatoms.